The first-order valence-corrected chi connectivity index (χ1v) is 9.97. The van der Waals surface area contributed by atoms with Gasteiger partial charge in [-0.3, -0.25) is 0 Å². The maximum Gasteiger partial charge on any atom is 0.145 e. The molecule has 3 aromatic carbocycles. The second-order valence-corrected chi connectivity index (χ2v) is 7.65. The lowest BCUT2D eigenvalue weighted by molar-refractivity contribution is 1.19. The third-order valence-corrected chi connectivity index (χ3v) is 5.41. The van der Waals surface area contributed by atoms with E-state index in [1.807, 2.05) is 24.3 Å². The zero-order chi connectivity index (χ0) is 18.9. The standard InChI is InChI=1S/C25H17BrN2/c26-22-13-11-20(12-14-22)24-17-28-16-21(18-7-3-1-4-8-18)15-23(25(28)27-24)19-9-5-2-6-10-19/h1-17H. The van der Waals surface area contributed by atoms with Gasteiger partial charge >= 0.3 is 0 Å². The maximum absolute atomic E-state index is 4.97. The molecule has 2 aromatic heterocycles. The van der Waals surface area contributed by atoms with Gasteiger partial charge in [-0.1, -0.05) is 88.7 Å². The van der Waals surface area contributed by atoms with Gasteiger partial charge in [0.25, 0.3) is 0 Å². The predicted octanol–water partition coefficient (Wildman–Crippen LogP) is 7.10. The molecule has 134 valence electrons. The summed E-state index contributed by atoms with van der Waals surface area (Å²) in [5.41, 5.74) is 7.70. The van der Waals surface area contributed by atoms with Crippen molar-refractivity contribution >= 4 is 21.6 Å². The minimum absolute atomic E-state index is 0.962. The fourth-order valence-electron chi connectivity index (χ4n) is 3.48. The maximum atomic E-state index is 4.97. The van der Waals surface area contributed by atoms with Crippen LogP contribution < -0.4 is 0 Å². The quantitative estimate of drug-likeness (QED) is 0.301. The molecule has 0 amide bonds. The fraction of sp³-hybridized carbons (Fsp3) is 0. The molecular formula is C25H17BrN2. The Bertz CT molecular complexity index is 1240. The first-order valence-electron chi connectivity index (χ1n) is 9.17. The molecule has 0 unspecified atom stereocenters. The molecular weight excluding hydrogens is 408 g/mol. The van der Waals surface area contributed by atoms with Crippen LogP contribution in [0.4, 0.5) is 0 Å². The summed E-state index contributed by atoms with van der Waals surface area (Å²) in [6.07, 6.45) is 4.27. The summed E-state index contributed by atoms with van der Waals surface area (Å²) in [7, 11) is 0. The smallest absolute Gasteiger partial charge is 0.145 e. The molecule has 0 bridgehead atoms. The van der Waals surface area contributed by atoms with Gasteiger partial charge in [0.2, 0.25) is 0 Å². The van der Waals surface area contributed by atoms with Crippen LogP contribution in [0.5, 0.6) is 0 Å². The fourth-order valence-corrected chi connectivity index (χ4v) is 3.74. The summed E-state index contributed by atoms with van der Waals surface area (Å²) >= 11 is 3.50. The topological polar surface area (TPSA) is 17.3 Å². The normalized spacial score (nSPS) is 11.0. The summed E-state index contributed by atoms with van der Waals surface area (Å²) in [5.74, 6) is 0. The van der Waals surface area contributed by atoms with Gasteiger partial charge in [-0.25, -0.2) is 4.98 Å². The van der Waals surface area contributed by atoms with E-state index >= 15 is 0 Å². The van der Waals surface area contributed by atoms with Gasteiger partial charge in [0.15, 0.2) is 0 Å². The molecule has 5 rings (SSSR count). The van der Waals surface area contributed by atoms with Gasteiger partial charge in [0.1, 0.15) is 5.65 Å². The first kappa shape index (κ1) is 17.0. The Morgan fingerprint density at radius 3 is 1.93 bits per heavy atom. The molecule has 0 saturated carbocycles. The molecule has 2 nitrogen and oxygen atoms in total. The number of benzene rings is 3. The molecule has 0 spiro atoms. The first-order chi connectivity index (χ1) is 13.8. The Morgan fingerprint density at radius 2 is 1.25 bits per heavy atom. The highest BCUT2D eigenvalue weighted by Gasteiger charge is 2.12. The Kier molecular flexibility index (Phi) is 4.30. The molecule has 0 aliphatic carbocycles. The monoisotopic (exact) mass is 424 g/mol. The summed E-state index contributed by atoms with van der Waals surface area (Å²) in [6, 6.07) is 31.4. The highest BCUT2D eigenvalue weighted by atomic mass is 79.9. The average molecular weight is 425 g/mol. The van der Waals surface area contributed by atoms with Crippen LogP contribution in [-0.4, -0.2) is 9.38 Å². The zero-order valence-electron chi connectivity index (χ0n) is 15.1. The van der Waals surface area contributed by atoms with Crippen molar-refractivity contribution in [1.29, 1.82) is 0 Å². The van der Waals surface area contributed by atoms with Gasteiger partial charge < -0.3 is 4.40 Å². The van der Waals surface area contributed by atoms with Crippen molar-refractivity contribution in [3.63, 3.8) is 0 Å². The lowest BCUT2D eigenvalue weighted by Gasteiger charge is -2.09. The molecule has 0 atom stereocenters. The highest BCUT2D eigenvalue weighted by Crippen LogP contribution is 2.32. The van der Waals surface area contributed by atoms with Crippen LogP contribution in [0.2, 0.25) is 0 Å². The number of halogens is 1. The van der Waals surface area contributed by atoms with Gasteiger partial charge in [-0.15, -0.1) is 0 Å². The number of aromatic nitrogens is 2. The Labute approximate surface area is 172 Å². The van der Waals surface area contributed by atoms with Crippen LogP contribution in [0.3, 0.4) is 0 Å². The largest absolute Gasteiger partial charge is 0.305 e. The van der Waals surface area contributed by atoms with Gasteiger partial charge in [-0.2, -0.15) is 0 Å². The molecule has 3 heteroatoms. The van der Waals surface area contributed by atoms with Gasteiger partial charge in [0, 0.05) is 28.0 Å². The molecule has 2 heterocycles. The van der Waals surface area contributed by atoms with E-state index in [0.29, 0.717) is 0 Å². The number of imidazole rings is 1. The highest BCUT2D eigenvalue weighted by molar-refractivity contribution is 9.10. The SMILES string of the molecule is Brc1ccc(-c2cn3cc(-c4ccccc4)cc(-c4ccccc4)c3n2)cc1. The van der Waals surface area contributed by atoms with E-state index in [0.717, 1.165) is 26.9 Å². The minimum atomic E-state index is 0.962. The lowest BCUT2D eigenvalue weighted by atomic mass is 10.0. The van der Waals surface area contributed by atoms with Crippen molar-refractivity contribution in [2.24, 2.45) is 0 Å². The number of fused-ring (bicyclic) bond motifs is 1. The third kappa shape index (κ3) is 3.14. The Morgan fingerprint density at radius 1 is 0.607 bits per heavy atom. The van der Waals surface area contributed by atoms with E-state index in [1.165, 1.54) is 16.7 Å². The molecule has 0 saturated heterocycles. The zero-order valence-corrected chi connectivity index (χ0v) is 16.7. The Hall–Kier alpha value is -3.17. The summed E-state index contributed by atoms with van der Waals surface area (Å²) in [6.45, 7) is 0. The van der Waals surface area contributed by atoms with Crippen LogP contribution in [0.1, 0.15) is 0 Å². The molecule has 0 N–H and O–H groups in total. The van der Waals surface area contributed by atoms with Crippen molar-refractivity contribution in [1.82, 2.24) is 9.38 Å². The number of rotatable bonds is 3. The molecule has 0 aliphatic heterocycles. The van der Waals surface area contributed by atoms with Crippen LogP contribution in [0, 0.1) is 0 Å². The van der Waals surface area contributed by atoms with E-state index < -0.39 is 0 Å². The van der Waals surface area contributed by atoms with E-state index in [9.17, 15) is 0 Å². The van der Waals surface area contributed by atoms with E-state index in [-0.39, 0.29) is 0 Å². The minimum Gasteiger partial charge on any atom is -0.305 e. The Balaban J connectivity index is 1.75. The molecule has 0 fully saturated rings. The number of hydrogen-bond acceptors (Lipinski definition) is 1. The van der Waals surface area contributed by atoms with Crippen molar-refractivity contribution in [3.8, 4) is 33.5 Å². The summed E-state index contributed by atoms with van der Waals surface area (Å²) < 4.78 is 3.21. The van der Waals surface area contributed by atoms with Crippen molar-refractivity contribution in [2.75, 3.05) is 0 Å². The van der Waals surface area contributed by atoms with E-state index in [1.54, 1.807) is 0 Å². The second kappa shape index (κ2) is 7.10. The van der Waals surface area contributed by atoms with Crippen LogP contribution in [0.25, 0.3) is 39.2 Å². The van der Waals surface area contributed by atoms with Crippen LogP contribution >= 0.6 is 15.9 Å². The van der Waals surface area contributed by atoms with Crippen molar-refractivity contribution in [2.45, 2.75) is 0 Å². The van der Waals surface area contributed by atoms with Crippen molar-refractivity contribution in [3.05, 3.63) is 108 Å². The predicted molar refractivity (Wildman–Crippen MR) is 119 cm³/mol. The van der Waals surface area contributed by atoms with E-state index in [4.69, 9.17) is 4.98 Å². The van der Waals surface area contributed by atoms with Gasteiger partial charge in [-0.05, 0) is 34.9 Å². The van der Waals surface area contributed by atoms with Crippen LogP contribution in [0.15, 0.2) is 108 Å². The second-order valence-electron chi connectivity index (χ2n) is 6.74. The lowest BCUT2D eigenvalue weighted by Crippen LogP contribution is -1.90. The van der Waals surface area contributed by atoms with Gasteiger partial charge in [0.05, 0.1) is 5.69 Å². The average Bonchev–Trinajstić information content (AvgIpc) is 3.19. The number of hydrogen-bond donors (Lipinski definition) is 0. The summed E-state index contributed by atoms with van der Waals surface area (Å²) in [5, 5.41) is 0. The number of nitrogens with zero attached hydrogens (tertiary/aromatic N) is 2. The summed E-state index contributed by atoms with van der Waals surface area (Å²) in [4.78, 5) is 4.97. The molecule has 5 aromatic rings. The molecule has 28 heavy (non-hydrogen) atoms. The van der Waals surface area contributed by atoms with Crippen molar-refractivity contribution < 1.29 is 0 Å². The third-order valence-electron chi connectivity index (χ3n) is 4.88. The molecule has 0 aliphatic rings. The molecule has 0 radical (unpaired) electrons. The number of pyridine rings is 1. The van der Waals surface area contributed by atoms with Crippen LogP contribution in [-0.2, 0) is 0 Å². The van der Waals surface area contributed by atoms with E-state index in [2.05, 4.69) is 99.5 Å².